The van der Waals surface area contributed by atoms with Crippen LogP contribution in [0.3, 0.4) is 0 Å². The molecule has 0 aliphatic rings. The minimum atomic E-state index is -4.66. The average molecular weight is 389 g/mol. The van der Waals surface area contributed by atoms with E-state index < -0.39 is 12.0 Å². The lowest BCUT2D eigenvalue weighted by Gasteiger charge is -2.12. The molecule has 0 unspecified atom stereocenters. The molecular formula is C20H18F3N3O2. The number of imidazole rings is 1. The van der Waals surface area contributed by atoms with E-state index in [2.05, 4.69) is 10.3 Å². The number of allylic oxidation sites excluding steroid dienone is 1. The summed E-state index contributed by atoms with van der Waals surface area (Å²) in [5.74, 6) is -1.37. The Bertz CT molecular complexity index is 1050. The van der Waals surface area contributed by atoms with Gasteiger partial charge in [0.2, 0.25) is 11.7 Å². The van der Waals surface area contributed by atoms with Gasteiger partial charge in [0.25, 0.3) is 0 Å². The fourth-order valence-electron chi connectivity index (χ4n) is 2.81. The number of nitrogens with one attached hydrogen (secondary N) is 1. The van der Waals surface area contributed by atoms with Crippen molar-refractivity contribution in [2.24, 2.45) is 0 Å². The van der Waals surface area contributed by atoms with E-state index in [1.807, 2.05) is 0 Å². The number of nitrogens with zero attached hydrogens (tertiary/aromatic N) is 2. The van der Waals surface area contributed by atoms with Gasteiger partial charge in [0.15, 0.2) is 0 Å². The van der Waals surface area contributed by atoms with E-state index in [0.29, 0.717) is 11.3 Å². The van der Waals surface area contributed by atoms with Crippen molar-refractivity contribution in [3.63, 3.8) is 0 Å². The van der Waals surface area contributed by atoms with Crippen LogP contribution in [0.15, 0.2) is 54.1 Å². The number of carbonyl (C=O) groups is 1. The highest BCUT2D eigenvalue weighted by molar-refractivity contribution is 5.99. The van der Waals surface area contributed by atoms with Gasteiger partial charge in [-0.1, -0.05) is 11.6 Å². The summed E-state index contributed by atoms with van der Waals surface area (Å²) in [5.41, 5.74) is 2.43. The van der Waals surface area contributed by atoms with E-state index in [4.69, 9.17) is 0 Å². The quantitative estimate of drug-likeness (QED) is 0.648. The third-order valence-electron chi connectivity index (χ3n) is 3.97. The van der Waals surface area contributed by atoms with E-state index in [9.17, 15) is 23.1 Å². The lowest BCUT2D eigenvalue weighted by atomic mass is 10.2. The predicted molar refractivity (Wildman–Crippen MR) is 100 cm³/mol. The number of halogens is 3. The van der Waals surface area contributed by atoms with Crippen molar-refractivity contribution >= 4 is 22.6 Å². The van der Waals surface area contributed by atoms with Crippen LogP contribution in [0.5, 0.6) is 0 Å². The summed E-state index contributed by atoms with van der Waals surface area (Å²) < 4.78 is 41.6. The normalized spacial score (nSPS) is 11.5. The van der Waals surface area contributed by atoms with Crippen molar-refractivity contribution in [2.45, 2.75) is 26.6 Å². The molecule has 0 aliphatic heterocycles. The summed E-state index contributed by atoms with van der Waals surface area (Å²) in [4.78, 5) is 15.5. The third kappa shape index (κ3) is 4.07. The van der Waals surface area contributed by atoms with Crippen LogP contribution < -0.4 is 5.32 Å². The Morgan fingerprint density at radius 1 is 1.18 bits per heavy atom. The van der Waals surface area contributed by atoms with Crippen molar-refractivity contribution < 1.29 is 23.1 Å². The number of hydrogen-bond donors (Lipinski definition) is 2. The number of rotatable bonds is 4. The van der Waals surface area contributed by atoms with E-state index >= 15 is 0 Å². The van der Waals surface area contributed by atoms with Crippen molar-refractivity contribution in [1.82, 2.24) is 9.55 Å². The maximum atomic E-state index is 13.5. The van der Waals surface area contributed by atoms with Gasteiger partial charge in [-0.25, -0.2) is 4.98 Å². The molecule has 0 atom stereocenters. The number of hydrogen-bond acceptors (Lipinski definition) is 3. The minimum Gasteiger partial charge on any atom is -0.392 e. The Kier molecular flexibility index (Phi) is 5.24. The Morgan fingerprint density at radius 3 is 2.43 bits per heavy atom. The van der Waals surface area contributed by atoms with Gasteiger partial charge in [-0.05, 0) is 55.8 Å². The molecule has 28 heavy (non-hydrogen) atoms. The topological polar surface area (TPSA) is 67.2 Å². The van der Waals surface area contributed by atoms with Crippen LogP contribution in [-0.4, -0.2) is 20.6 Å². The highest BCUT2D eigenvalue weighted by Gasteiger charge is 2.38. The van der Waals surface area contributed by atoms with Crippen LogP contribution in [0.1, 0.15) is 25.2 Å². The summed E-state index contributed by atoms with van der Waals surface area (Å²) >= 11 is 0. The first-order chi connectivity index (χ1) is 13.2. The van der Waals surface area contributed by atoms with E-state index in [1.54, 1.807) is 19.9 Å². The summed E-state index contributed by atoms with van der Waals surface area (Å²) in [6.07, 6.45) is -3.23. The zero-order valence-electron chi connectivity index (χ0n) is 15.2. The molecule has 1 heterocycles. The lowest BCUT2D eigenvalue weighted by Crippen LogP contribution is -2.14. The van der Waals surface area contributed by atoms with E-state index in [-0.39, 0.29) is 29.2 Å². The number of alkyl halides is 3. The molecule has 146 valence electrons. The Labute approximate surface area is 159 Å². The molecule has 1 aromatic heterocycles. The molecule has 2 aromatic carbocycles. The number of aromatic nitrogens is 2. The van der Waals surface area contributed by atoms with Crippen molar-refractivity contribution in [1.29, 1.82) is 0 Å². The van der Waals surface area contributed by atoms with Crippen LogP contribution in [0.2, 0.25) is 0 Å². The SMILES string of the molecule is CC(C)=CC(=O)Nc1ccc(-n2c(C(F)(F)F)nc3cc(CO)ccc32)cc1. The molecule has 0 radical (unpaired) electrons. The monoisotopic (exact) mass is 389 g/mol. The van der Waals surface area contributed by atoms with Gasteiger partial charge in [-0.3, -0.25) is 9.36 Å². The molecule has 8 heteroatoms. The Balaban J connectivity index is 2.05. The van der Waals surface area contributed by atoms with Crippen molar-refractivity contribution in [2.75, 3.05) is 5.32 Å². The number of aliphatic hydroxyl groups excluding tert-OH is 1. The molecule has 0 bridgehead atoms. The van der Waals surface area contributed by atoms with Crippen molar-refractivity contribution in [3.05, 3.63) is 65.5 Å². The average Bonchev–Trinajstić information content (AvgIpc) is 3.00. The molecule has 3 aromatic rings. The first kappa shape index (κ1) is 19.6. The molecule has 5 nitrogen and oxygen atoms in total. The summed E-state index contributed by atoms with van der Waals surface area (Å²) in [5, 5.41) is 11.9. The van der Waals surface area contributed by atoms with Gasteiger partial charge < -0.3 is 10.4 Å². The Morgan fingerprint density at radius 2 is 1.86 bits per heavy atom. The highest BCUT2D eigenvalue weighted by atomic mass is 19.4. The predicted octanol–water partition coefficient (Wildman–Crippen LogP) is 4.44. The summed E-state index contributed by atoms with van der Waals surface area (Å²) in [6, 6.07) is 10.5. The van der Waals surface area contributed by atoms with Gasteiger partial charge in [-0.2, -0.15) is 13.2 Å². The molecule has 0 spiro atoms. The molecule has 3 rings (SSSR count). The van der Waals surface area contributed by atoms with Crippen LogP contribution in [-0.2, 0) is 17.6 Å². The zero-order chi connectivity index (χ0) is 20.5. The van der Waals surface area contributed by atoms with Crippen LogP contribution in [0.25, 0.3) is 16.7 Å². The van der Waals surface area contributed by atoms with Crippen LogP contribution >= 0.6 is 0 Å². The van der Waals surface area contributed by atoms with Gasteiger partial charge in [0.05, 0.1) is 17.6 Å². The maximum Gasteiger partial charge on any atom is 0.450 e. The molecule has 0 fully saturated rings. The second-order valence-corrected chi connectivity index (χ2v) is 6.51. The second-order valence-electron chi connectivity index (χ2n) is 6.51. The molecule has 1 amide bonds. The summed E-state index contributed by atoms with van der Waals surface area (Å²) in [6.45, 7) is 3.28. The Hall–Kier alpha value is -3.13. The number of amides is 1. The number of fused-ring (bicyclic) bond motifs is 1. The molecule has 0 aliphatic carbocycles. The first-order valence-electron chi connectivity index (χ1n) is 8.45. The van der Waals surface area contributed by atoms with Gasteiger partial charge in [0.1, 0.15) is 0 Å². The highest BCUT2D eigenvalue weighted by Crippen LogP contribution is 2.34. The molecular weight excluding hydrogens is 371 g/mol. The first-order valence-corrected chi connectivity index (χ1v) is 8.45. The fraction of sp³-hybridized carbons (Fsp3) is 0.200. The van der Waals surface area contributed by atoms with E-state index in [0.717, 1.165) is 10.1 Å². The molecule has 0 saturated heterocycles. The fourth-order valence-corrected chi connectivity index (χ4v) is 2.81. The number of aliphatic hydroxyl groups is 1. The van der Waals surface area contributed by atoms with E-state index in [1.165, 1.54) is 42.5 Å². The number of anilines is 1. The lowest BCUT2D eigenvalue weighted by molar-refractivity contribution is -0.145. The van der Waals surface area contributed by atoms with Gasteiger partial charge in [0, 0.05) is 17.5 Å². The van der Waals surface area contributed by atoms with Crippen molar-refractivity contribution in [3.8, 4) is 5.69 Å². The smallest absolute Gasteiger partial charge is 0.392 e. The minimum absolute atomic E-state index is 0.139. The standard InChI is InChI=1S/C20H18F3N3O2/c1-12(2)9-18(28)24-14-4-6-15(7-5-14)26-17-8-3-13(11-27)10-16(17)25-19(26)20(21,22)23/h3-10,27H,11H2,1-2H3,(H,24,28). The second kappa shape index (κ2) is 7.47. The van der Waals surface area contributed by atoms with Gasteiger partial charge >= 0.3 is 6.18 Å². The molecule has 2 N–H and O–H groups in total. The number of carbonyl (C=O) groups excluding carboxylic acids is 1. The third-order valence-corrected chi connectivity index (χ3v) is 3.97. The number of benzene rings is 2. The van der Waals surface area contributed by atoms with Gasteiger partial charge in [-0.15, -0.1) is 0 Å². The molecule has 0 saturated carbocycles. The van der Waals surface area contributed by atoms with Crippen LogP contribution in [0.4, 0.5) is 18.9 Å². The maximum absolute atomic E-state index is 13.5. The summed E-state index contributed by atoms with van der Waals surface area (Å²) in [7, 11) is 0. The van der Waals surface area contributed by atoms with Crippen LogP contribution in [0, 0.1) is 0 Å². The zero-order valence-corrected chi connectivity index (χ0v) is 15.2. The largest absolute Gasteiger partial charge is 0.450 e.